The average Bonchev–Trinajstić information content (AvgIpc) is 2.27. The van der Waals surface area contributed by atoms with Crippen LogP contribution >= 0.6 is 0 Å². The van der Waals surface area contributed by atoms with Gasteiger partial charge in [-0.1, -0.05) is 0 Å². The summed E-state index contributed by atoms with van der Waals surface area (Å²) in [6.07, 6.45) is 0.567. The van der Waals surface area contributed by atoms with Gasteiger partial charge in [-0.05, 0) is 25.0 Å². The van der Waals surface area contributed by atoms with Gasteiger partial charge in [-0.2, -0.15) is 0 Å². The van der Waals surface area contributed by atoms with Crippen LogP contribution in [0.4, 0.5) is 5.69 Å². The quantitative estimate of drug-likeness (QED) is 0.623. The molecule has 0 aromatic heterocycles. The number of hydrogen-bond acceptors (Lipinski definition) is 5. The Morgan fingerprint density at radius 1 is 1.35 bits per heavy atom. The summed E-state index contributed by atoms with van der Waals surface area (Å²) in [4.78, 5) is 10.3. The van der Waals surface area contributed by atoms with Crippen molar-refractivity contribution < 1.29 is 14.4 Å². The lowest BCUT2D eigenvalue weighted by Gasteiger charge is -2.12. The Bertz CT molecular complexity index is 418. The maximum absolute atomic E-state index is 10.8. The zero-order valence-electron chi connectivity index (χ0n) is 10.1. The minimum Gasteiger partial charge on any atom is -0.496 e. The van der Waals surface area contributed by atoms with Crippen molar-refractivity contribution in [2.75, 3.05) is 14.2 Å². The predicted molar refractivity (Wildman–Crippen MR) is 63.6 cm³/mol. The van der Waals surface area contributed by atoms with Gasteiger partial charge in [-0.15, -0.1) is 0 Å². The number of nitrogens with two attached hydrogens (primary N) is 1. The van der Waals surface area contributed by atoms with Crippen molar-refractivity contribution in [3.8, 4) is 11.5 Å². The van der Waals surface area contributed by atoms with Crippen LogP contribution in [-0.2, 0) is 6.42 Å². The second-order valence-corrected chi connectivity index (χ2v) is 3.77. The maximum atomic E-state index is 10.8. The molecule has 0 spiro atoms. The first-order chi connectivity index (χ1) is 7.99. The lowest BCUT2D eigenvalue weighted by Crippen LogP contribution is -2.18. The number of methoxy groups -OCH3 is 2. The Hall–Kier alpha value is -1.82. The van der Waals surface area contributed by atoms with Crippen LogP contribution in [0.25, 0.3) is 0 Å². The summed E-state index contributed by atoms with van der Waals surface area (Å²) in [5.41, 5.74) is 6.39. The van der Waals surface area contributed by atoms with Gasteiger partial charge in [0, 0.05) is 6.04 Å². The minimum atomic E-state index is -0.503. The van der Waals surface area contributed by atoms with Crippen molar-refractivity contribution in [1.82, 2.24) is 0 Å². The molecule has 0 heterocycles. The first-order valence-corrected chi connectivity index (χ1v) is 5.14. The molecule has 94 valence electrons. The number of nitrogens with zero attached hydrogens (tertiary/aromatic N) is 1. The maximum Gasteiger partial charge on any atom is 0.314 e. The smallest absolute Gasteiger partial charge is 0.314 e. The van der Waals surface area contributed by atoms with E-state index in [0.717, 1.165) is 5.56 Å². The fourth-order valence-electron chi connectivity index (χ4n) is 1.59. The van der Waals surface area contributed by atoms with Gasteiger partial charge in [0.05, 0.1) is 25.2 Å². The summed E-state index contributed by atoms with van der Waals surface area (Å²) in [6, 6.07) is 2.90. The molecule has 0 radical (unpaired) electrons. The fourth-order valence-corrected chi connectivity index (χ4v) is 1.59. The van der Waals surface area contributed by atoms with Crippen LogP contribution in [0.5, 0.6) is 11.5 Å². The van der Waals surface area contributed by atoms with E-state index in [-0.39, 0.29) is 17.5 Å². The van der Waals surface area contributed by atoms with Crippen molar-refractivity contribution in [1.29, 1.82) is 0 Å². The van der Waals surface area contributed by atoms with E-state index < -0.39 is 4.92 Å². The van der Waals surface area contributed by atoms with Crippen LogP contribution in [0.15, 0.2) is 12.1 Å². The number of nitro benzene ring substituents is 1. The Morgan fingerprint density at radius 2 is 1.94 bits per heavy atom. The van der Waals surface area contributed by atoms with Crippen molar-refractivity contribution in [3.63, 3.8) is 0 Å². The Labute approximate surface area is 99.5 Å². The summed E-state index contributed by atoms with van der Waals surface area (Å²) < 4.78 is 10.1. The Balaban J connectivity index is 3.27. The molecule has 0 aliphatic heterocycles. The third-order valence-electron chi connectivity index (χ3n) is 2.32. The predicted octanol–water partition coefficient (Wildman–Crippen LogP) is 1.50. The van der Waals surface area contributed by atoms with E-state index >= 15 is 0 Å². The SMILES string of the molecule is COc1cc([N+](=O)[O-])c(OC)[13cH]c1CC(C)N. The van der Waals surface area contributed by atoms with E-state index in [1.165, 1.54) is 20.3 Å². The van der Waals surface area contributed by atoms with Gasteiger partial charge >= 0.3 is 5.69 Å². The van der Waals surface area contributed by atoms with E-state index in [2.05, 4.69) is 0 Å². The number of benzene rings is 1. The molecule has 0 amide bonds. The number of hydrogen-bond donors (Lipinski definition) is 1. The van der Waals surface area contributed by atoms with Crippen molar-refractivity contribution in [2.45, 2.75) is 19.4 Å². The second-order valence-electron chi connectivity index (χ2n) is 3.77. The van der Waals surface area contributed by atoms with E-state index in [4.69, 9.17) is 15.2 Å². The third-order valence-corrected chi connectivity index (χ3v) is 2.32. The van der Waals surface area contributed by atoms with Gasteiger partial charge in [0.15, 0.2) is 5.75 Å². The van der Waals surface area contributed by atoms with Crippen LogP contribution in [0, 0.1) is 10.1 Å². The number of rotatable bonds is 5. The highest BCUT2D eigenvalue weighted by molar-refractivity contribution is 5.55. The molecule has 0 aliphatic carbocycles. The lowest BCUT2D eigenvalue weighted by molar-refractivity contribution is -0.385. The minimum absolute atomic E-state index is 0.0601. The van der Waals surface area contributed by atoms with E-state index in [0.29, 0.717) is 12.2 Å². The second kappa shape index (κ2) is 5.49. The van der Waals surface area contributed by atoms with Crippen molar-refractivity contribution in [3.05, 3.63) is 27.8 Å². The first-order valence-electron chi connectivity index (χ1n) is 5.14. The molecule has 1 aromatic carbocycles. The van der Waals surface area contributed by atoms with Gasteiger partial charge in [0.25, 0.3) is 0 Å². The molecule has 0 saturated carbocycles. The molecule has 2 N–H and O–H groups in total. The van der Waals surface area contributed by atoms with Crippen molar-refractivity contribution >= 4 is 5.69 Å². The molecule has 17 heavy (non-hydrogen) atoms. The molecule has 0 bridgehead atoms. The summed E-state index contributed by atoms with van der Waals surface area (Å²) >= 11 is 0. The topological polar surface area (TPSA) is 87.6 Å². The van der Waals surface area contributed by atoms with E-state index in [1.807, 2.05) is 6.92 Å². The van der Waals surface area contributed by atoms with Gasteiger partial charge in [0.2, 0.25) is 0 Å². The number of ether oxygens (including phenoxy) is 2. The van der Waals surface area contributed by atoms with Gasteiger partial charge in [-0.3, -0.25) is 10.1 Å². The van der Waals surface area contributed by atoms with Crippen molar-refractivity contribution in [2.24, 2.45) is 5.73 Å². The fraction of sp³-hybridized carbons (Fsp3) is 0.455. The average molecular weight is 241 g/mol. The largest absolute Gasteiger partial charge is 0.496 e. The highest BCUT2D eigenvalue weighted by atomic mass is 16.6. The molecule has 0 aliphatic rings. The summed E-state index contributed by atoms with van der Waals surface area (Å²) in [7, 11) is 2.86. The van der Waals surface area contributed by atoms with Crippen LogP contribution in [0.3, 0.4) is 0 Å². The lowest BCUT2D eigenvalue weighted by atomic mass is 10.1. The van der Waals surface area contributed by atoms with Gasteiger partial charge in [0.1, 0.15) is 5.75 Å². The zero-order chi connectivity index (χ0) is 13.0. The zero-order valence-corrected chi connectivity index (χ0v) is 10.1. The molecule has 6 nitrogen and oxygen atoms in total. The highest BCUT2D eigenvalue weighted by Gasteiger charge is 2.19. The molecular weight excluding hydrogens is 225 g/mol. The van der Waals surface area contributed by atoms with Gasteiger partial charge < -0.3 is 15.2 Å². The van der Waals surface area contributed by atoms with Crippen LogP contribution in [-0.4, -0.2) is 25.2 Å². The van der Waals surface area contributed by atoms with E-state index in [9.17, 15) is 10.1 Å². The standard InChI is InChI=1S/C11H16N2O4/c1-7(12)4-8-5-11(17-3)9(13(14)15)6-10(8)16-2/h5-7H,4,12H2,1-3H3/i5+1. The normalized spacial score (nSPS) is 12.0. The summed E-state index contributed by atoms with van der Waals surface area (Å²) in [5.74, 6) is 0.668. The third kappa shape index (κ3) is 3.07. The summed E-state index contributed by atoms with van der Waals surface area (Å²) in [6.45, 7) is 1.85. The van der Waals surface area contributed by atoms with E-state index in [1.54, 1.807) is 6.07 Å². The van der Waals surface area contributed by atoms with Crippen LogP contribution < -0.4 is 15.2 Å². The van der Waals surface area contributed by atoms with Crippen LogP contribution in [0.1, 0.15) is 12.5 Å². The molecule has 1 aromatic rings. The first kappa shape index (κ1) is 13.2. The highest BCUT2D eigenvalue weighted by Crippen LogP contribution is 2.34. The molecule has 1 rings (SSSR count). The molecule has 6 heteroatoms. The van der Waals surface area contributed by atoms with Crippen LogP contribution in [0.2, 0.25) is 0 Å². The molecule has 1 atom stereocenters. The molecular formula is C11H16N2O4. The monoisotopic (exact) mass is 241 g/mol. The Morgan fingerprint density at radius 3 is 2.35 bits per heavy atom. The Kier molecular flexibility index (Phi) is 4.28. The molecule has 0 fully saturated rings. The van der Waals surface area contributed by atoms with Gasteiger partial charge in [-0.25, -0.2) is 0 Å². The summed E-state index contributed by atoms with van der Waals surface area (Å²) in [5, 5.41) is 10.8. The molecule has 0 saturated heterocycles. The number of nitro groups is 1. The molecule has 1 unspecified atom stereocenters.